The minimum atomic E-state index is -0.856. The highest BCUT2D eigenvalue weighted by Crippen LogP contribution is 2.17. The van der Waals surface area contributed by atoms with Gasteiger partial charge in [0.2, 0.25) is 0 Å². The molecule has 0 heterocycles. The van der Waals surface area contributed by atoms with Crippen molar-refractivity contribution in [1.82, 2.24) is 0 Å². The summed E-state index contributed by atoms with van der Waals surface area (Å²) in [6, 6.07) is 0. The molecule has 0 spiro atoms. The summed E-state index contributed by atoms with van der Waals surface area (Å²) in [6.45, 7) is 5.78. The van der Waals surface area contributed by atoms with Gasteiger partial charge in [-0.05, 0) is 31.6 Å². The molecular formula is C15H27O2-. The Labute approximate surface area is 106 Å². The van der Waals surface area contributed by atoms with Gasteiger partial charge in [0.25, 0.3) is 0 Å². The maximum atomic E-state index is 10.9. The number of hydrogen-bond acceptors (Lipinski definition) is 2. The maximum Gasteiger partial charge on any atom is 0.0445 e. The van der Waals surface area contributed by atoms with Crippen molar-refractivity contribution in [1.29, 1.82) is 0 Å². The van der Waals surface area contributed by atoms with E-state index in [1.54, 1.807) is 0 Å². The van der Waals surface area contributed by atoms with Crippen molar-refractivity contribution < 1.29 is 9.90 Å². The zero-order valence-electron chi connectivity index (χ0n) is 11.2. The molecule has 0 saturated carbocycles. The molecule has 0 N–H and O–H groups in total. The fourth-order valence-corrected chi connectivity index (χ4v) is 2.04. The van der Waals surface area contributed by atoms with E-state index >= 15 is 0 Å². The van der Waals surface area contributed by atoms with Crippen LogP contribution >= 0.6 is 0 Å². The molecule has 2 nitrogen and oxygen atoms in total. The van der Waals surface area contributed by atoms with Crippen LogP contribution in [-0.2, 0) is 4.79 Å². The largest absolute Gasteiger partial charge is 0.550 e. The van der Waals surface area contributed by atoms with Gasteiger partial charge >= 0.3 is 0 Å². The second-order valence-corrected chi connectivity index (χ2v) is 4.79. The lowest BCUT2D eigenvalue weighted by Crippen LogP contribution is -2.31. The zero-order chi connectivity index (χ0) is 12.9. The zero-order valence-corrected chi connectivity index (χ0v) is 11.2. The first kappa shape index (κ1) is 16.2. The van der Waals surface area contributed by atoms with Gasteiger partial charge in [-0.3, -0.25) is 0 Å². The van der Waals surface area contributed by atoms with E-state index in [-0.39, 0.29) is 5.92 Å². The lowest BCUT2D eigenvalue weighted by Gasteiger charge is -2.17. The topological polar surface area (TPSA) is 40.1 Å². The Morgan fingerprint density at radius 2 is 1.71 bits per heavy atom. The molecular weight excluding hydrogens is 212 g/mol. The molecule has 0 saturated heterocycles. The van der Waals surface area contributed by atoms with Gasteiger partial charge in [0.1, 0.15) is 0 Å². The molecule has 0 rings (SSSR count). The first-order valence-corrected chi connectivity index (χ1v) is 7.04. The third kappa shape index (κ3) is 10.1. The average molecular weight is 239 g/mol. The molecule has 0 fully saturated rings. The van der Waals surface area contributed by atoms with Gasteiger partial charge in [-0.25, -0.2) is 0 Å². The van der Waals surface area contributed by atoms with Crippen molar-refractivity contribution in [2.75, 3.05) is 0 Å². The van der Waals surface area contributed by atoms with Crippen LogP contribution in [-0.4, -0.2) is 5.97 Å². The number of hydrogen-bond donors (Lipinski definition) is 0. The Hall–Kier alpha value is -0.790. The van der Waals surface area contributed by atoms with Gasteiger partial charge in [-0.1, -0.05) is 51.5 Å². The Bertz CT molecular complexity index is 199. The van der Waals surface area contributed by atoms with E-state index in [0.29, 0.717) is 0 Å². The van der Waals surface area contributed by atoms with E-state index in [1.165, 1.54) is 19.3 Å². The molecule has 0 aromatic rings. The van der Waals surface area contributed by atoms with Gasteiger partial charge in [-0.2, -0.15) is 0 Å². The van der Waals surface area contributed by atoms with Crippen molar-refractivity contribution in [3.05, 3.63) is 12.7 Å². The summed E-state index contributed by atoms with van der Waals surface area (Å²) in [5.41, 5.74) is 0. The third-order valence-corrected chi connectivity index (χ3v) is 3.20. The van der Waals surface area contributed by atoms with Crippen LogP contribution < -0.4 is 5.11 Å². The summed E-state index contributed by atoms with van der Waals surface area (Å²) in [4.78, 5) is 10.9. The molecule has 0 aliphatic heterocycles. The molecule has 0 aliphatic carbocycles. The van der Waals surface area contributed by atoms with Crippen LogP contribution in [0.3, 0.4) is 0 Å². The van der Waals surface area contributed by atoms with E-state index in [1.807, 2.05) is 6.08 Å². The Morgan fingerprint density at radius 3 is 2.29 bits per heavy atom. The van der Waals surface area contributed by atoms with Crippen LogP contribution in [0.25, 0.3) is 0 Å². The molecule has 17 heavy (non-hydrogen) atoms. The number of carboxylic acid groups (broad SMARTS) is 1. The molecule has 0 aromatic heterocycles. The number of rotatable bonds is 12. The van der Waals surface area contributed by atoms with E-state index in [4.69, 9.17) is 0 Å². The normalized spacial score (nSPS) is 12.3. The van der Waals surface area contributed by atoms with Gasteiger partial charge < -0.3 is 9.90 Å². The second kappa shape index (κ2) is 11.7. The fraction of sp³-hybridized carbons (Fsp3) is 0.800. The van der Waals surface area contributed by atoms with E-state index < -0.39 is 5.97 Å². The number of unbranched alkanes of at least 4 members (excludes halogenated alkanes) is 6. The van der Waals surface area contributed by atoms with Gasteiger partial charge in [-0.15, -0.1) is 6.58 Å². The first-order valence-electron chi connectivity index (χ1n) is 7.04. The second-order valence-electron chi connectivity index (χ2n) is 4.79. The van der Waals surface area contributed by atoms with E-state index in [9.17, 15) is 9.90 Å². The Balaban J connectivity index is 3.47. The van der Waals surface area contributed by atoms with Gasteiger partial charge in [0.15, 0.2) is 0 Å². The fourth-order valence-electron chi connectivity index (χ4n) is 2.04. The molecule has 0 amide bonds. The lowest BCUT2D eigenvalue weighted by atomic mass is 9.95. The smallest absolute Gasteiger partial charge is 0.0445 e. The summed E-state index contributed by atoms with van der Waals surface area (Å²) in [6.07, 6.45) is 12.5. The number of carboxylic acids is 1. The quantitative estimate of drug-likeness (QED) is 0.386. The summed E-state index contributed by atoms with van der Waals surface area (Å²) < 4.78 is 0. The number of aliphatic carboxylic acids is 1. The van der Waals surface area contributed by atoms with Gasteiger partial charge in [0.05, 0.1) is 0 Å². The van der Waals surface area contributed by atoms with Crippen LogP contribution in [0.4, 0.5) is 0 Å². The summed E-state index contributed by atoms with van der Waals surface area (Å²) >= 11 is 0. The summed E-state index contributed by atoms with van der Waals surface area (Å²) in [7, 11) is 0. The molecule has 0 aromatic carbocycles. The van der Waals surface area contributed by atoms with Crippen molar-refractivity contribution in [2.45, 2.75) is 71.1 Å². The third-order valence-electron chi connectivity index (χ3n) is 3.20. The maximum absolute atomic E-state index is 10.9. The highest BCUT2D eigenvalue weighted by Gasteiger charge is 2.08. The standard InChI is InChI=1S/C15H28O2/c1-3-5-7-8-9-10-11-13-14(15(16)17)12-6-4-2/h3,14H,1,4-13H2,2H3,(H,16,17)/p-1. The van der Waals surface area contributed by atoms with Crippen molar-refractivity contribution in [3.8, 4) is 0 Å². The minimum absolute atomic E-state index is 0.219. The van der Waals surface area contributed by atoms with E-state index in [2.05, 4.69) is 13.5 Å². The van der Waals surface area contributed by atoms with Crippen LogP contribution in [0.1, 0.15) is 71.1 Å². The van der Waals surface area contributed by atoms with Crippen molar-refractivity contribution >= 4 is 5.97 Å². The Morgan fingerprint density at radius 1 is 1.12 bits per heavy atom. The van der Waals surface area contributed by atoms with Crippen LogP contribution in [0.5, 0.6) is 0 Å². The first-order chi connectivity index (χ1) is 8.22. The molecule has 2 heteroatoms. The monoisotopic (exact) mass is 239 g/mol. The number of allylic oxidation sites excluding steroid dienone is 1. The molecule has 0 aliphatic rings. The molecule has 0 bridgehead atoms. The number of carbonyl (C=O) groups excluding carboxylic acids is 1. The average Bonchev–Trinajstić information content (AvgIpc) is 2.31. The molecule has 1 unspecified atom stereocenters. The minimum Gasteiger partial charge on any atom is -0.550 e. The predicted octanol–water partition coefficient (Wildman–Crippen LogP) is 3.46. The van der Waals surface area contributed by atoms with Crippen LogP contribution in [0.15, 0.2) is 12.7 Å². The van der Waals surface area contributed by atoms with Crippen LogP contribution in [0.2, 0.25) is 0 Å². The molecule has 100 valence electrons. The predicted molar refractivity (Wildman–Crippen MR) is 70.5 cm³/mol. The molecule has 1 atom stereocenters. The van der Waals surface area contributed by atoms with E-state index in [0.717, 1.165) is 44.9 Å². The lowest BCUT2D eigenvalue weighted by molar-refractivity contribution is -0.312. The number of carbonyl (C=O) groups is 1. The SMILES string of the molecule is C=CCCCCCCCC(CCCC)C(=O)[O-]. The highest BCUT2D eigenvalue weighted by molar-refractivity contribution is 5.67. The molecule has 0 radical (unpaired) electrons. The Kier molecular flexibility index (Phi) is 11.1. The van der Waals surface area contributed by atoms with Crippen molar-refractivity contribution in [2.24, 2.45) is 5.92 Å². The summed E-state index contributed by atoms with van der Waals surface area (Å²) in [5.74, 6) is -1.08. The summed E-state index contributed by atoms with van der Waals surface area (Å²) in [5, 5.41) is 10.9. The van der Waals surface area contributed by atoms with Crippen LogP contribution in [0, 0.1) is 5.92 Å². The highest BCUT2D eigenvalue weighted by atomic mass is 16.4. The van der Waals surface area contributed by atoms with Crippen molar-refractivity contribution in [3.63, 3.8) is 0 Å². The van der Waals surface area contributed by atoms with Gasteiger partial charge in [0, 0.05) is 5.97 Å².